The first kappa shape index (κ1) is 18.1. The molecule has 134 valence electrons. The summed E-state index contributed by atoms with van der Waals surface area (Å²) in [6.45, 7) is 2.98. The maximum atomic E-state index is 12.6. The Hall–Kier alpha value is -2.73. The zero-order chi connectivity index (χ0) is 18.4. The number of likely N-dealkylation sites (N-methyl/N-ethyl adjacent to an activating group) is 1. The second kappa shape index (κ2) is 8.58. The van der Waals surface area contributed by atoms with Gasteiger partial charge in [-0.2, -0.15) is 0 Å². The van der Waals surface area contributed by atoms with E-state index in [0.29, 0.717) is 24.5 Å². The number of aryl methyl sites for hydroxylation is 1. The monoisotopic (exact) mass is 367 g/mol. The van der Waals surface area contributed by atoms with E-state index in [9.17, 15) is 4.79 Å². The Bertz CT molecular complexity index is 864. The normalized spacial score (nSPS) is 10.5. The van der Waals surface area contributed by atoms with Crippen LogP contribution in [0.2, 0.25) is 0 Å². The van der Waals surface area contributed by atoms with Crippen LogP contribution in [0.3, 0.4) is 0 Å². The number of amides is 1. The van der Waals surface area contributed by atoms with Crippen LogP contribution in [0.4, 0.5) is 0 Å². The quantitative estimate of drug-likeness (QED) is 0.638. The maximum absolute atomic E-state index is 12.6. The van der Waals surface area contributed by atoms with Crippen LogP contribution in [0.25, 0.3) is 0 Å². The van der Waals surface area contributed by atoms with Crippen molar-refractivity contribution in [3.8, 4) is 5.75 Å². The summed E-state index contributed by atoms with van der Waals surface area (Å²) in [4.78, 5) is 23.0. The van der Waals surface area contributed by atoms with E-state index in [1.54, 1.807) is 41.6 Å². The van der Waals surface area contributed by atoms with Crippen LogP contribution in [0.1, 0.15) is 26.8 Å². The third-order valence-corrected chi connectivity index (χ3v) is 4.73. The lowest BCUT2D eigenvalue weighted by atomic mass is 10.2. The molecule has 0 atom stereocenters. The van der Waals surface area contributed by atoms with Crippen molar-refractivity contribution in [1.82, 2.24) is 14.9 Å². The fraction of sp³-hybridized carbons (Fsp3) is 0.250. The molecule has 1 aromatic carbocycles. The highest BCUT2D eigenvalue weighted by Crippen LogP contribution is 2.17. The molecule has 0 aliphatic heterocycles. The van der Waals surface area contributed by atoms with Crippen molar-refractivity contribution >= 4 is 17.2 Å². The first-order chi connectivity index (χ1) is 12.6. The van der Waals surface area contributed by atoms with Crippen LogP contribution >= 0.6 is 11.3 Å². The van der Waals surface area contributed by atoms with E-state index in [4.69, 9.17) is 4.74 Å². The number of pyridine rings is 1. The number of benzene rings is 1. The van der Waals surface area contributed by atoms with Gasteiger partial charge in [-0.05, 0) is 37.3 Å². The summed E-state index contributed by atoms with van der Waals surface area (Å²) in [5, 5.41) is 3.00. The fourth-order valence-electron chi connectivity index (χ4n) is 2.50. The van der Waals surface area contributed by atoms with Gasteiger partial charge >= 0.3 is 0 Å². The van der Waals surface area contributed by atoms with Gasteiger partial charge in [-0.25, -0.2) is 4.98 Å². The van der Waals surface area contributed by atoms with E-state index in [0.717, 1.165) is 22.8 Å². The van der Waals surface area contributed by atoms with Gasteiger partial charge in [0, 0.05) is 42.8 Å². The Morgan fingerprint density at radius 3 is 2.81 bits per heavy atom. The number of carbonyl (C=O) groups is 1. The second-order valence-corrected chi connectivity index (χ2v) is 7.03. The summed E-state index contributed by atoms with van der Waals surface area (Å²) in [6, 6.07) is 13.1. The number of aromatic nitrogens is 2. The lowest BCUT2D eigenvalue weighted by Gasteiger charge is -2.17. The molecular weight excluding hydrogens is 346 g/mol. The van der Waals surface area contributed by atoms with Crippen LogP contribution in [0, 0.1) is 6.92 Å². The summed E-state index contributed by atoms with van der Waals surface area (Å²) in [6.07, 6.45) is 2.49. The highest BCUT2D eigenvalue weighted by Gasteiger charge is 2.13. The van der Waals surface area contributed by atoms with Gasteiger partial charge in [0.25, 0.3) is 5.91 Å². The van der Waals surface area contributed by atoms with Crippen LogP contribution in [0.15, 0.2) is 54.0 Å². The Balaban J connectivity index is 1.58. The topological polar surface area (TPSA) is 55.3 Å². The van der Waals surface area contributed by atoms with Crippen molar-refractivity contribution in [1.29, 1.82) is 0 Å². The molecule has 0 spiro atoms. The SMILES string of the molecule is Cc1nc(COc2cccc(C(=O)N(C)CCc3ccccn3)c2)cs1. The molecule has 2 aromatic heterocycles. The zero-order valence-electron chi connectivity index (χ0n) is 14.9. The number of carbonyl (C=O) groups excluding carboxylic acids is 1. The Kier molecular flexibility index (Phi) is 5.96. The minimum atomic E-state index is -0.0316. The van der Waals surface area contributed by atoms with Gasteiger partial charge in [-0.15, -0.1) is 11.3 Å². The Morgan fingerprint density at radius 2 is 2.08 bits per heavy atom. The highest BCUT2D eigenvalue weighted by atomic mass is 32.1. The molecule has 6 heteroatoms. The predicted molar refractivity (Wildman–Crippen MR) is 103 cm³/mol. The van der Waals surface area contributed by atoms with Gasteiger partial charge < -0.3 is 9.64 Å². The molecule has 0 unspecified atom stereocenters. The number of ether oxygens (including phenoxy) is 1. The van der Waals surface area contributed by atoms with E-state index in [1.165, 1.54) is 0 Å². The van der Waals surface area contributed by atoms with E-state index in [2.05, 4.69) is 9.97 Å². The molecule has 2 heterocycles. The summed E-state index contributed by atoms with van der Waals surface area (Å²) in [5.74, 6) is 0.635. The summed E-state index contributed by atoms with van der Waals surface area (Å²) in [7, 11) is 1.80. The van der Waals surface area contributed by atoms with Gasteiger partial charge in [0.15, 0.2) is 0 Å². The van der Waals surface area contributed by atoms with E-state index in [1.807, 2.05) is 42.6 Å². The number of nitrogens with zero attached hydrogens (tertiary/aromatic N) is 3. The van der Waals surface area contributed by atoms with Gasteiger partial charge in [0.2, 0.25) is 0 Å². The molecule has 5 nitrogen and oxygen atoms in total. The number of thiazole rings is 1. The molecule has 0 radical (unpaired) electrons. The van der Waals surface area contributed by atoms with Gasteiger partial charge in [-0.1, -0.05) is 12.1 Å². The molecule has 0 saturated heterocycles. The molecular formula is C20H21N3O2S. The number of hydrogen-bond acceptors (Lipinski definition) is 5. The van der Waals surface area contributed by atoms with Crippen molar-refractivity contribution in [3.05, 3.63) is 76.0 Å². The molecule has 0 aliphatic carbocycles. The summed E-state index contributed by atoms with van der Waals surface area (Å²) < 4.78 is 5.77. The Labute approximate surface area is 157 Å². The van der Waals surface area contributed by atoms with Crippen molar-refractivity contribution in [2.24, 2.45) is 0 Å². The molecule has 0 saturated carbocycles. The van der Waals surface area contributed by atoms with Crippen LogP contribution in [-0.2, 0) is 13.0 Å². The molecule has 0 bridgehead atoms. The zero-order valence-corrected chi connectivity index (χ0v) is 15.7. The van der Waals surface area contributed by atoms with Crippen molar-refractivity contribution in [2.75, 3.05) is 13.6 Å². The molecule has 0 aliphatic rings. The highest BCUT2D eigenvalue weighted by molar-refractivity contribution is 7.09. The third-order valence-electron chi connectivity index (χ3n) is 3.91. The number of hydrogen-bond donors (Lipinski definition) is 0. The largest absolute Gasteiger partial charge is 0.487 e. The molecule has 0 N–H and O–H groups in total. The van der Waals surface area contributed by atoms with Gasteiger partial charge in [-0.3, -0.25) is 9.78 Å². The van der Waals surface area contributed by atoms with E-state index >= 15 is 0 Å². The van der Waals surface area contributed by atoms with Crippen LogP contribution in [-0.4, -0.2) is 34.4 Å². The molecule has 0 fully saturated rings. The third kappa shape index (κ3) is 4.89. The molecule has 1 amide bonds. The average Bonchev–Trinajstić information content (AvgIpc) is 3.10. The minimum absolute atomic E-state index is 0.0316. The summed E-state index contributed by atoms with van der Waals surface area (Å²) >= 11 is 1.60. The van der Waals surface area contributed by atoms with Crippen molar-refractivity contribution in [2.45, 2.75) is 20.0 Å². The fourth-order valence-corrected chi connectivity index (χ4v) is 3.10. The number of rotatable bonds is 7. The molecule has 3 rings (SSSR count). The predicted octanol–water partition coefficient (Wildman–Crippen LogP) is 3.74. The van der Waals surface area contributed by atoms with E-state index < -0.39 is 0 Å². The Morgan fingerprint density at radius 1 is 1.19 bits per heavy atom. The minimum Gasteiger partial charge on any atom is -0.487 e. The van der Waals surface area contributed by atoms with Crippen LogP contribution < -0.4 is 4.74 Å². The second-order valence-electron chi connectivity index (χ2n) is 5.97. The maximum Gasteiger partial charge on any atom is 0.253 e. The summed E-state index contributed by atoms with van der Waals surface area (Å²) in [5.41, 5.74) is 2.49. The van der Waals surface area contributed by atoms with Gasteiger partial charge in [0.1, 0.15) is 12.4 Å². The lowest BCUT2D eigenvalue weighted by Crippen LogP contribution is -2.29. The standard InChI is InChI=1S/C20H21N3O2S/c1-15-22-18(14-26-15)13-25-19-8-5-6-16(12-19)20(24)23(2)11-9-17-7-3-4-10-21-17/h3-8,10,12,14H,9,11,13H2,1-2H3. The molecule has 3 aromatic rings. The smallest absolute Gasteiger partial charge is 0.253 e. The first-order valence-corrected chi connectivity index (χ1v) is 9.29. The average molecular weight is 367 g/mol. The van der Waals surface area contributed by atoms with E-state index in [-0.39, 0.29) is 5.91 Å². The first-order valence-electron chi connectivity index (χ1n) is 8.41. The lowest BCUT2D eigenvalue weighted by molar-refractivity contribution is 0.0796. The van der Waals surface area contributed by atoms with Crippen LogP contribution in [0.5, 0.6) is 5.75 Å². The van der Waals surface area contributed by atoms with Crippen molar-refractivity contribution in [3.63, 3.8) is 0 Å². The molecule has 26 heavy (non-hydrogen) atoms. The van der Waals surface area contributed by atoms with Crippen molar-refractivity contribution < 1.29 is 9.53 Å². The van der Waals surface area contributed by atoms with Gasteiger partial charge in [0.05, 0.1) is 10.7 Å².